The Morgan fingerprint density at radius 1 is 0.400 bits per heavy atom. The Labute approximate surface area is 904 Å². The van der Waals surface area contributed by atoms with Gasteiger partial charge in [0.2, 0.25) is 10.0 Å². The molecule has 0 aromatic heterocycles. The molecular formula is C118H159Cl3N10O16S3. The number of aliphatic hydroxyl groups is 3. The number of halogens is 3. The number of amides is 3. The molecule has 32 heteroatoms. The van der Waals surface area contributed by atoms with Crippen molar-refractivity contribution < 1.29 is 75.0 Å². The van der Waals surface area contributed by atoms with E-state index in [1.807, 2.05) is 75.4 Å². The number of benzene rings is 6. The molecule has 12 heterocycles. The number of anilines is 3. The van der Waals surface area contributed by atoms with Crippen LogP contribution in [-0.4, -0.2) is 289 Å². The second-order valence-corrected chi connectivity index (χ2v) is 57.7. The van der Waals surface area contributed by atoms with Crippen LogP contribution in [-0.2, 0) is 79.2 Å². The van der Waals surface area contributed by atoms with Crippen LogP contribution in [0.15, 0.2) is 109 Å². The molecule has 6 aromatic carbocycles. The number of nitrogens with zero attached hydrogens (tertiary/aromatic N) is 7. The zero-order valence-corrected chi connectivity index (χ0v) is 93.4. The Hall–Kier alpha value is -7.01. The molecule has 12 aliphatic heterocycles. The minimum Gasteiger partial charge on any atom is -0.490 e. The molecule has 150 heavy (non-hydrogen) atoms. The molecule has 9 fully saturated rings. The lowest BCUT2D eigenvalue weighted by molar-refractivity contribution is -0.120. The van der Waals surface area contributed by atoms with E-state index in [2.05, 4.69) is 110 Å². The average molecular weight is 2180 g/mol. The van der Waals surface area contributed by atoms with E-state index in [0.29, 0.717) is 124 Å². The zero-order valence-electron chi connectivity index (χ0n) is 88.7. The molecule has 3 spiro atoms. The average Bonchev–Trinajstić information content (AvgIpc) is 1.54. The summed E-state index contributed by atoms with van der Waals surface area (Å²) in [6.07, 6.45) is 24.4. The molecule has 2 unspecified atom stereocenters. The summed E-state index contributed by atoms with van der Waals surface area (Å²) >= 11 is 19.5. The maximum absolute atomic E-state index is 14.0. The first-order chi connectivity index (χ1) is 71.8. The number of aryl methyl sites for hydroxylation is 3. The fraction of sp³-hybridized carbons (Fsp3) is 0.653. The summed E-state index contributed by atoms with van der Waals surface area (Å²) in [7, 11) is -9.83. The number of fused-ring (bicyclic) bond motifs is 17. The van der Waals surface area contributed by atoms with E-state index in [1.54, 1.807) is 25.1 Å². The number of rotatable bonds is 6. The number of nitrogens with one attached hydrogen (secondary N) is 3. The molecule has 0 radical (unpaired) electrons. The lowest BCUT2D eigenvalue weighted by Gasteiger charge is -2.53. The number of carbonyl (C=O) groups excluding carboxylic acids is 3. The van der Waals surface area contributed by atoms with Crippen LogP contribution < -0.4 is 43.1 Å². The lowest BCUT2D eigenvalue weighted by atomic mass is 9.62. The largest absolute Gasteiger partial charge is 0.490 e. The summed E-state index contributed by atoms with van der Waals surface area (Å²) in [5.74, 6) is 10.2. The number of hydrogen-bond acceptors (Lipinski definition) is 23. The summed E-state index contributed by atoms with van der Waals surface area (Å²) in [4.78, 5) is 58.3. The van der Waals surface area contributed by atoms with Gasteiger partial charge in [-0.2, -0.15) is 0 Å². The van der Waals surface area contributed by atoms with Gasteiger partial charge in [0, 0.05) is 175 Å². The summed E-state index contributed by atoms with van der Waals surface area (Å²) in [6.45, 7) is 28.3. The van der Waals surface area contributed by atoms with Crippen LogP contribution in [0.1, 0.15) is 254 Å². The van der Waals surface area contributed by atoms with Crippen LogP contribution in [0.25, 0.3) is 0 Å². The Morgan fingerprint density at radius 3 is 1.13 bits per heavy atom. The second-order valence-electron chi connectivity index (χ2n) is 49.6. The van der Waals surface area contributed by atoms with Crippen molar-refractivity contribution in [2.75, 3.05) is 159 Å². The van der Waals surface area contributed by atoms with Crippen LogP contribution in [0.4, 0.5) is 17.1 Å². The highest BCUT2D eigenvalue weighted by molar-refractivity contribution is 7.99. The van der Waals surface area contributed by atoms with Gasteiger partial charge >= 0.3 is 0 Å². The van der Waals surface area contributed by atoms with Gasteiger partial charge in [-0.05, 0) is 358 Å². The molecule has 10 bridgehead atoms. The van der Waals surface area contributed by atoms with Crippen LogP contribution in [0, 0.1) is 53.3 Å². The maximum Gasteiger partial charge on any atom is 0.264 e. The Balaban J connectivity index is 0.000000127. The minimum atomic E-state index is -3.94. The number of morpholine rings is 3. The highest BCUT2D eigenvalue weighted by Crippen LogP contribution is 2.56. The molecule has 3 saturated carbocycles. The molecule has 6 saturated heterocycles. The van der Waals surface area contributed by atoms with Crippen molar-refractivity contribution in [3.63, 3.8) is 0 Å². The van der Waals surface area contributed by atoms with Gasteiger partial charge in [0.15, 0.2) is 0 Å². The molecular weight excluding hydrogens is 2020 g/mol. The highest BCUT2D eigenvalue weighted by Gasteiger charge is 2.57. The smallest absolute Gasteiger partial charge is 0.264 e. The Bertz CT molecular complexity index is 6160. The van der Waals surface area contributed by atoms with Crippen molar-refractivity contribution in [2.45, 2.75) is 288 Å². The predicted octanol–water partition coefficient (Wildman–Crippen LogP) is 16.1. The van der Waals surface area contributed by atoms with Gasteiger partial charge in [-0.3, -0.25) is 43.4 Å². The van der Waals surface area contributed by atoms with Gasteiger partial charge in [0.1, 0.15) is 17.2 Å². The highest BCUT2D eigenvalue weighted by atomic mass is 35.5. The summed E-state index contributed by atoms with van der Waals surface area (Å²) in [5, 5.41) is 39.4. The molecule has 6 aromatic rings. The summed E-state index contributed by atoms with van der Waals surface area (Å²) < 4.78 is 101. The van der Waals surface area contributed by atoms with E-state index >= 15 is 0 Å². The fourth-order valence-electron chi connectivity index (χ4n) is 30.5. The molecule has 25 atom stereocenters. The fourth-order valence-corrected chi connectivity index (χ4v) is 35.4. The first kappa shape index (κ1) is 107. The SMILES string of the molecule is C=S1(=O)NC(=O)c2ccc3c(c2)N(C[C@@H]2CC[C@H]2[C@@](O)(CN2CCN4CCOC[C@@H]4C2)CCC[C@H](C)[C@H]1C)C[C@@]1(CCCc2cc(Cl)ccc21)CO3.C=S1(=O)NC(=O)c2ccc3c(c2)N(C[C@@H]2CC[C@H]2[C@@](O)(CN2C[C@H]4C[C@@H]2CO4)CCC[C@H](C)[C@H]1C)C[C@@]1(CCCc2cc(Cl)ccc21)CO3.C[C@@H]1[C@@H](C)CCC[C@@](O)(CN2C[C@H]3C[C@@H]2CO3)[C@@H]2CC[C@H]2CN2C[C@@]3(CCCc4cc(Cl)ccc43)COc3ccc(cc32)C(=O)NS1(=O)=O. The van der Waals surface area contributed by atoms with Crippen molar-refractivity contribution >= 4 is 111 Å². The third-order valence-corrected chi connectivity index (χ3v) is 47.3. The van der Waals surface area contributed by atoms with Gasteiger partial charge in [0.05, 0.1) is 117 Å². The molecule has 816 valence electrons. The molecule has 6 aliphatic carbocycles. The first-order valence-corrected chi connectivity index (χ1v) is 62.8. The third kappa shape index (κ3) is 21.4. The number of hydrogen-bond donors (Lipinski definition) is 6. The van der Waals surface area contributed by atoms with Crippen LogP contribution in [0.2, 0.25) is 15.1 Å². The topological polar surface area (TPSA) is 294 Å². The number of piperazine rings is 1. The van der Waals surface area contributed by atoms with E-state index in [1.165, 1.54) is 33.4 Å². The Kier molecular flexibility index (Phi) is 30.5. The van der Waals surface area contributed by atoms with E-state index in [4.69, 9.17) is 63.2 Å². The zero-order chi connectivity index (χ0) is 105. The molecule has 6 N–H and O–H groups in total. The van der Waals surface area contributed by atoms with Crippen molar-refractivity contribution in [1.29, 1.82) is 0 Å². The normalized spacial score (nSPS) is 38.0. The molecule has 24 rings (SSSR count). The van der Waals surface area contributed by atoms with Gasteiger partial charge in [0.25, 0.3) is 17.7 Å². The standard InChI is InChI=1S/C41H57ClN4O5S.C39H52ClN3O5S.C38H50ClN3O6S/c1-28-6-4-15-41(48,26-44-16-17-45-18-19-50-24-34(45)23-44)36-11-8-32(36)22-46-25-40(14-5-7-30-20-33(42)10-12-35(30)40)27-51-38-13-9-31(21-37(38)46)39(47)43-52(3,49)29(28)2;1-25-6-4-15-39(45,23-42-20-32-18-31(42)21-47-32)34-11-8-29(34)19-43-22-38(14-5-7-27-16-30(40)10-12-33(27)38)24-48-36-13-9-28(17-35(36)43)37(44)41-49(3,46)26(25)2;1-24-5-3-14-38(44,22-41-19-31-17-30(41)20-47-31)33-10-7-28(33)18-42-21-37(13-4-6-26-15-29(39)9-11-32(26)37)23-48-35-12-8-27(16-34(35)42)36(43)40-49(45,46)25(24)2/h9-10,12-13,20-21,28-29,32,34,36,48H,3-8,11,14-19,22-27H2,1-2H3,(H,43,47,49);9-10,12-13,16-17,25-26,29,31-32,34,45H,3-8,11,14-15,18-24H2,1-2H3,(H,41,44,46);8-9,11-12,15-16,24-25,28,30-31,33,44H,3-7,10,13-14,17-23H2,1-2H3,(H,40,43)/t28-,29+,32-,34-,36+,40-,41-,52?;25-,26+,29-,31+,32+,34+,38-,39-,49?;24-,25+,28-,30+,31+,33+,37-,38+/m000/s1. The summed E-state index contributed by atoms with van der Waals surface area (Å²) in [5.41, 5.74) is 8.16. The van der Waals surface area contributed by atoms with Crippen molar-refractivity contribution in [3.8, 4) is 17.2 Å². The van der Waals surface area contributed by atoms with E-state index in [0.717, 1.165) is 283 Å². The number of carbonyl (C=O) groups is 3. The maximum atomic E-state index is 14.0. The van der Waals surface area contributed by atoms with Crippen LogP contribution >= 0.6 is 34.8 Å². The van der Waals surface area contributed by atoms with Gasteiger partial charge in [-0.1, -0.05) is 93.0 Å². The van der Waals surface area contributed by atoms with Crippen LogP contribution in [0.5, 0.6) is 17.2 Å². The summed E-state index contributed by atoms with van der Waals surface area (Å²) in [6, 6.07) is 36.5. The monoisotopic (exact) mass is 2170 g/mol. The molecule has 18 aliphatic rings. The van der Waals surface area contributed by atoms with E-state index in [-0.39, 0.29) is 92.2 Å². The van der Waals surface area contributed by atoms with Crippen molar-refractivity contribution in [3.05, 3.63) is 174 Å². The van der Waals surface area contributed by atoms with Gasteiger partial charge in [-0.15, -0.1) is 0 Å². The number of likely N-dealkylation sites (tertiary alicyclic amines) is 2. The number of sulfonamides is 1. The van der Waals surface area contributed by atoms with Gasteiger partial charge < -0.3 is 58.4 Å². The van der Waals surface area contributed by atoms with Crippen molar-refractivity contribution in [1.82, 2.24) is 33.8 Å². The molecule has 26 nitrogen and oxygen atoms in total. The number of β-amino-alcohol motifs (C(OH)–C–C–N with tert-alkyl or cyclic N) is 3. The van der Waals surface area contributed by atoms with Crippen molar-refractivity contribution in [2.24, 2.45) is 53.3 Å². The first-order valence-electron chi connectivity index (χ1n) is 56.6. The third-order valence-electron chi connectivity index (χ3n) is 40.3. The minimum absolute atomic E-state index is 0.0583. The van der Waals surface area contributed by atoms with Crippen LogP contribution in [0.3, 0.4) is 0 Å². The van der Waals surface area contributed by atoms with E-state index < -0.39 is 57.4 Å². The van der Waals surface area contributed by atoms with Gasteiger partial charge in [-0.25, -0.2) is 21.6 Å². The Morgan fingerprint density at radius 2 is 0.773 bits per heavy atom. The van der Waals surface area contributed by atoms with E-state index in [9.17, 15) is 46.5 Å². The second kappa shape index (κ2) is 42.7. The quantitative estimate of drug-likeness (QED) is 0.0845. The molecule has 3 amide bonds. The number of ether oxygens (including phenoxy) is 6. The lowest BCUT2D eigenvalue weighted by Crippen LogP contribution is -2.62. The predicted molar refractivity (Wildman–Crippen MR) is 595 cm³/mol.